The van der Waals surface area contributed by atoms with Crippen molar-refractivity contribution in [3.8, 4) is 0 Å². The van der Waals surface area contributed by atoms with Crippen LogP contribution in [0.25, 0.3) is 0 Å². The second-order valence-electron chi connectivity index (χ2n) is 5.67. The van der Waals surface area contributed by atoms with Crippen molar-refractivity contribution in [2.45, 2.75) is 62.6 Å². The summed E-state index contributed by atoms with van der Waals surface area (Å²) < 4.78 is 5.74. The molecule has 0 radical (unpaired) electrons. The fourth-order valence-corrected chi connectivity index (χ4v) is 3.88. The average Bonchev–Trinajstić information content (AvgIpc) is 2.35. The summed E-state index contributed by atoms with van der Waals surface area (Å²) in [7, 11) is 0. The van der Waals surface area contributed by atoms with Gasteiger partial charge in [-0.3, -0.25) is 4.79 Å². The monoisotopic (exact) mass is 269 g/mol. The third-order valence-corrected chi connectivity index (χ3v) is 5.06. The van der Waals surface area contributed by atoms with E-state index in [4.69, 9.17) is 10.4 Å². The molecule has 0 saturated carbocycles. The van der Waals surface area contributed by atoms with Crippen LogP contribution in [0.5, 0.6) is 0 Å². The van der Waals surface area contributed by atoms with Gasteiger partial charge < -0.3 is 10.4 Å². The number of thioether (sulfide) groups is 1. The molecule has 102 valence electrons. The Balaban J connectivity index is 1.85. The van der Waals surface area contributed by atoms with Crippen molar-refractivity contribution in [1.29, 1.82) is 0 Å². The van der Waals surface area contributed by atoms with E-state index >= 15 is 0 Å². The fraction of sp³-hybridized carbons (Fsp3) is 0.923. The molecule has 2 aliphatic heterocycles. The number of hydrogen-bond acceptors (Lipinski definition) is 4. The van der Waals surface area contributed by atoms with Crippen LogP contribution in [0.4, 0.5) is 0 Å². The minimum absolute atomic E-state index is 0.167. The molecule has 2 bridgehead atoms. The molecule has 2 fully saturated rings. The molecular weight excluding hydrogens is 245 g/mol. The van der Waals surface area contributed by atoms with Crippen LogP contribution in [0.15, 0.2) is 0 Å². The minimum atomic E-state index is -0.430. The van der Waals surface area contributed by atoms with Crippen LogP contribution in [0.3, 0.4) is 0 Å². The first-order valence-electron chi connectivity index (χ1n) is 7.17. The van der Waals surface area contributed by atoms with Gasteiger partial charge in [-0.1, -0.05) is 38.5 Å². The fourth-order valence-electron chi connectivity index (χ4n) is 3.39. The second kappa shape index (κ2) is 6.85. The highest BCUT2D eigenvalue weighted by Gasteiger charge is 2.43. The van der Waals surface area contributed by atoms with Crippen LogP contribution in [0.1, 0.15) is 44.9 Å². The van der Waals surface area contributed by atoms with Gasteiger partial charge in [0.2, 0.25) is 0 Å². The summed E-state index contributed by atoms with van der Waals surface area (Å²) in [4.78, 5) is 12.0. The third-order valence-electron chi connectivity index (χ3n) is 4.42. The summed E-state index contributed by atoms with van der Waals surface area (Å²) in [5.74, 6) is 1.96. The van der Waals surface area contributed by atoms with Crippen LogP contribution in [0, 0.1) is 0 Å². The normalized spacial score (nSPS) is 28.9. The topological polar surface area (TPSA) is 52.3 Å². The lowest BCUT2D eigenvalue weighted by molar-refractivity contribution is -0.136. The van der Waals surface area contributed by atoms with Gasteiger partial charge in [0.1, 0.15) is 6.04 Å². The molecule has 1 atom stereocenters. The summed E-state index contributed by atoms with van der Waals surface area (Å²) in [6.07, 6.45) is 10.3. The van der Waals surface area contributed by atoms with Gasteiger partial charge in [-0.15, -0.1) is 0 Å². The summed E-state index contributed by atoms with van der Waals surface area (Å²) in [5.41, 5.74) is 5.88. The lowest BCUT2D eigenvalue weighted by Crippen LogP contribution is -2.43. The van der Waals surface area contributed by atoms with Crippen LogP contribution >= 0.6 is 11.8 Å². The quantitative estimate of drug-likeness (QED) is 0.780. The van der Waals surface area contributed by atoms with E-state index in [1.165, 1.54) is 38.5 Å². The summed E-state index contributed by atoms with van der Waals surface area (Å²) in [6.45, 7) is 0.167. The Bertz CT molecular complexity index is 268. The number of fused-ring (bicyclic) bond motifs is 2. The van der Waals surface area contributed by atoms with E-state index in [1.807, 2.05) is 6.26 Å². The lowest BCUT2D eigenvalue weighted by Gasteiger charge is -2.39. The van der Waals surface area contributed by atoms with Gasteiger partial charge in [-0.2, -0.15) is 11.8 Å². The van der Waals surface area contributed by atoms with Gasteiger partial charge in [0.25, 0.3) is 0 Å². The Kier molecular flexibility index (Phi) is 5.43. The zero-order valence-electron chi connectivity index (χ0n) is 11.3. The maximum atomic E-state index is 12.0. The molecular formula is C13H24BNO2S. The maximum Gasteiger partial charge on any atom is 0.367 e. The van der Waals surface area contributed by atoms with Crippen molar-refractivity contribution < 1.29 is 9.45 Å². The Morgan fingerprint density at radius 2 is 1.89 bits per heavy atom. The third kappa shape index (κ3) is 3.44. The number of carbonyl (C=O) groups is 1. The molecule has 5 heteroatoms. The molecule has 0 aromatic carbocycles. The molecule has 0 spiro atoms. The zero-order valence-corrected chi connectivity index (χ0v) is 12.1. The first-order valence-corrected chi connectivity index (χ1v) is 8.56. The number of hydrogen-bond donors (Lipinski definition) is 1. The van der Waals surface area contributed by atoms with Gasteiger partial charge >= 0.3 is 12.9 Å². The zero-order chi connectivity index (χ0) is 13.0. The molecule has 2 N–H and O–H groups in total. The van der Waals surface area contributed by atoms with Crippen molar-refractivity contribution in [3.05, 3.63) is 0 Å². The number of nitrogens with two attached hydrogens (primary N) is 1. The van der Waals surface area contributed by atoms with Gasteiger partial charge in [0.05, 0.1) is 0 Å². The van der Waals surface area contributed by atoms with Gasteiger partial charge in [0.15, 0.2) is 0 Å². The summed E-state index contributed by atoms with van der Waals surface area (Å²) in [6, 6.07) is -0.430. The SMILES string of the molecule is CSCC[C@H](N)C(=O)OB1C2CCCC1CCC2. The van der Waals surface area contributed by atoms with Crippen LogP contribution < -0.4 is 5.73 Å². The minimum Gasteiger partial charge on any atom is -0.535 e. The van der Waals surface area contributed by atoms with Crippen LogP contribution in [-0.2, 0) is 9.45 Å². The first-order chi connectivity index (χ1) is 8.72. The van der Waals surface area contributed by atoms with E-state index in [1.54, 1.807) is 11.8 Å². The molecule has 0 aromatic rings. The van der Waals surface area contributed by atoms with Gasteiger partial charge in [-0.05, 0) is 30.1 Å². The first kappa shape index (κ1) is 14.3. The predicted octanol–water partition coefficient (Wildman–Crippen LogP) is 2.71. The number of rotatable bonds is 5. The number of carbonyl (C=O) groups excluding carboxylic acids is 1. The predicted molar refractivity (Wildman–Crippen MR) is 78.0 cm³/mol. The van der Waals surface area contributed by atoms with E-state index in [2.05, 4.69) is 0 Å². The van der Waals surface area contributed by atoms with Crippen molar-refractivity contribution in [1.82, 2.24) is 0 Å². The van der Waals surface area contributed by atoms with E-state index in [9.17, 15) is 4.79 Å². The standard InChI is InChI=1S/C13H24BNO2S/c1-18-9-8-12(15)13(16)17-14-10-4-2-5-11(14)7-3-6-10/h10-12H,2-9,15H2,1H3/t10?,11?,12-/m0/s1. The van der Waals surface area contributed by atoms with Gasteiger partial charge in [0, 0.05) is 0 Å². The lowest BCUT2D eigenvalue weighted by atomic mass is 9.38. The summed E-state index contributed by atoms with van der Waals surface area (Å²) >= 11 is 1.72. The molecule has 0 unspecified atom stereocenters. The summed E-state index contributed by atoms with van der Waals surface area (Å²) in [5, 5.41) is 0. The Morgan fingerprint density at radius 1 is 1.33 bits per heavy atom. The molecule has 0 aliphatic carbocycles. The highest BCUT2D eigenvalue weighted by Crippen LogP contribution is 2.46. The Morgan fingerprint density at radius 3 is 2.39 bits per heavy atom. The molecule has 0 aromatic heterocycles. The van der Waals surface area contributed by atoms with Crippen molar-refractivity contribution in [2.75, 3.05) is 12.0 Å². The van der Waals surface area contributed by atoms with E-state index in [0.29, 0.717) is 11.6 Å². The van der Waals surface area contributed by atoms with E-state index in [-0.39, 0.29) is 12.9 Å². The largest absolute Gasteiger partial charge is 0.535 e. The van der Waals surface area contributed by atoms with Crippen LogP contribution in [-0.4, -0.2) is 30.9 Å². The van der Waals surface area contributed by atoms with E-state index in [0.717, 1.165) is 12.2 Å². The highest BCUT2D eigenvalue weighted by atomic mass is 32.2. The molecule has 0 amide bonds. The molecule has 2 heterocycles. The molecule has 2 rings (SSSR count). The maximum absolute atomic E-state index is 12.0. The Hall–Kier alpha value is -0.155. The van der Waals surface area contributed by atoms with Crippen molar-refractivity contribution in [2.24, 2.45) is 5.73 Å². The average molecular weight is 269 g/mol. The van der Waals surface area contributed by atoms with Crippen LogP contribution in [0.2, 0.25) is 11.6 Å². The van der Waals surface area contributed by atoms with Gasteiger partial charge in [-0.25, -0.2) is 0 Å². The van der Waals surface area contributed by atoms with Crippen molar-refractivity contribution >= 4 is 24.6 Å². The molecule has 2 aliphatic rings. The second-order valence-corrected chi connectivity index (χ2v) is 6.66. The molecule has 2 saturated heterocycles. The van der Waals surface area contributed by atoms with E-state index < -0.39 is 6.04 Å². The molecule has 18 heavy (non-hydrogen) atoms. The smallest absolute Gasteiger partial charge is 0.367 e. The highest BCUT2D eigenvalue weighted by molar-refractivity contribution is 7.98. The Labute approximate surface area is 115 Å². The molecule has 3 nitrogen and oxygen atoms in total. The van der Waals surface area contributed by atoms with Crippen molar-refractivity contribution in [3.63, 3.8) is 0 Å².